The van der Waals surface area contributed by atoms with Crippen LogP contribution < -0.4 is 5.32 Å². The topological polar surface area (TPSA) is 12.0 Å². The third kappa shape index (κ3) is 3.76. The smallest absolute Gasteiger partial charge is 0.0468 e. The van der Waals surface area contributed by atoms with Crippen LogP contribution in [-0.2, 0) is 13.0 Å². The van der Waals surface area contributed by atoms with Crippen LogP contribution in [0, 0.1) is 0 Å². The molecule has 2 aromatic carbocycles. The van der Waals surface area contributed by atoms with Gasteiger partial charge in [-0.2, -0.15) is 0 Å². The molecule has 106 valence electrons. The number of benzene rings is 2. The van der Waals surface area contributed by atoms with Crippen LogP contribution in [0.15, 0.2) is 42.5 Å². The molecule has 0 aromatic heterocycles. The number of rotatable bonds is 5. The second-order valence-electron chi connectivity index (χ2n) is 4.89. The Labute approximate surface area is 130 Å². The SMILES string of the molecule is CCc1ccccc1CNC(C)c1ccc(Cl)cc1Cl. The summed E-state index contributed by atoms with van der Waals surface area (Å²) in [5, 5.41) is 4.90. The first-order valence-electron chi connectivity index (χ1n) is 6.87. The van der Waals surface area contributed by atoms with Gasteiger partial charge in [0.1, 0.15) is 0 Å². The standard InChI is InChI=1S/C17H19Cl2N/c1-3-13-6-4-5-7-14(13)11-20-12(2)16-9-8-15(18)10-17(16)19/h4-10,12,20H,3,11H2,1-2H3. The second kappa shape index (κ2) is 7.12. The zero-order valence-corrected chi connectivity index (χ0v) is 13.3. The van der Waals surface area contributed by atoms with Gasteiger partial charge in [0.25, 0.3) is 0 Å². The first kappa shape index (κ1) is 15.4. The van der Waals surface area contributed by atoms with Gasteiger partial charge in [-0.3, -0.25) is 0 Å². The molecular weight excluding hydrogens is 289 g/mol. The van der Waals surface area contributed by atoms with Gasteiger partial charge in [0.2, 0.25) is 0 Å². The molecule has 0 radical (unpaired) electrons. The summed E-state index contributed by atoms with van der Waals surface area (Å²) in [7, 11) is 0. The molecule has 0 heterocycles. The fourth-order valence-electron chi connectivity index (χ4n) is 2.30. The van der Waals surface area contributed by atoms with Crippen molar-refractivity contribution in [3.8, 4) is 0 Å². The van der Waals surface area contributed by atoms with E-state index in [0.29, 0.717) is 10.0 Å². The highest BCUT2D eigenvalue weighted by molar-refractivity contribution is 6.35. The lowest BCUT2D eigenvalue weighted by Crippen LogP contribution is -2.19. The van der Waals surface area contributed by atoms with Crippen molar-refractivity contribution in [2.45, 2.75) is 32.9 Å². The van der Waals surface area contributed by atoms with E-state index in [1.807, 2.05) is 12.1 Å². The number of nitrogens with one attached hydrogen (secondary N) is 1. The van der Waals surface area contributed by atoms with Crippen molar-refractivity contribution in [2.75, 3.05) is 0 Å². The highest BCUT2D eigenvalue weighted by Crippen LogP contribution is 2.26. The molecule has 2 rings (SSSR count). The summed E-state index contributed by atoms with van der Waals surface area (Å²) < 4.78 is 0. The van der Waals surface area contributed by atoms with E-state index in [1.165, 1.54) is 11.1 Å². The Morgan fingerprint density at radius 1 is 1.05 bits per heavy atom. The molecular formula is C17H19Cl2N. The number of halogens is 2. The van der Waals surface area contributed by atoms with E-state index in [9.17, 15) is 0 Å². The maximum Gasteiger partial charge on any atom is 0.0468 e. The number of hydrogen-bond donors (Lipinski definition) is 1. The maximum absolute atomic E-state index is 6.24. The molecule has 1 atom stereocenters. The minimum atomic E-state index is 0.185. The van der Waals surface area contributed by atoms with Crippen LogP contribution in [-0.4, -0.2) is 0 Å². The molecule has 0 saturated carbocycles. The summed E-state index contributed by atoms with van der Waals surface area (Å²) in [6.07, 6.45) is 1.05. The van der Waals surface area contributed by atoms with Crippen molar-refractivity contribution in [2.24, 2.45) is 0 Å². The molecule has 0 aliphatic carbocycles. The Hall–Kier alpha value is -1.02. The van der Waals surface area contributed by atoms with E-state index < -0.39 is 0 Å². The monoisotopic (exact) mass is 307 g/mol. The molecule has 20 heavy (non-hydrogen) atoms. The molecule has 3 heteroatoms. The molecule has 0 aliphatic rings. The van der Waals surface area contributed by atoms with Gasteiger partial charge in [-0.15, -0.1) is 0 Å². The average molecular weight is 308 g/mol. The largest absolute Gasteiger partial charge is 0.306 e. The summed E-state index contributed by atoms with van der Waals surface area (Å²) in [5.41, 5.74) is 3.80. The van der Waals surface area contributed by atoms with E-state index in [2.05, 4.69) is 43.4 Å². The minimum absolute atomic E-state index is 0.185. The van der Waals surface area contributed by atoms with Crippen molar-refractivity contribution < 1.29 is 0 Å². The molecule has 1 unspecified atom stereocenters. The summed E-state index contributed by atoms with van der Waals surface area (Å²) in [4.78, 5) is 0. The van der Waals surface area contributed by atoms with Crippen LogP contribution in [0.4, 0.5) is 0 Å². The third-order valence-corrected chi connectivity index (χ3v) is 4.09. The molecule has 0 bridgehead atoms. The fourth-order valence-corrected chi connectivity index (χ4v) is 2.87. The molecule has 2 aromatic rings. The molecule has 1 nitrogen and oxygen atoms in total. The lowest BCUT2D eigenvalue weighted by molar-refractivity contribution is 0.573. The van der Waals surface area contributed by atoms with Gasteiger partial charge >= 0.3 is 0 Å². The molecule has 0 fully saturated rings. The predicted molar refractivity (Wildman–Crippen MR) is 87.5 cm³/mol. The molecule has 0 aliphatic heterocycles. The second-order valence-corrected chi connectivity index (χ2v) is 5.73. The Balaban J connectivity index is 2.06. The molecule has 0 amide bonds. The quantitative estimate of drug-likeness (QED) is 0.779. The van der Waals surface area contributed by atoms with Crippen LogP contribution in [0.1, 0.15) is 36.6 Å². The third-order valence-electron chi connectivity index (χ3n) is 3.53. The minimum Gasteiger partial charge on any atom is -0.306 e. The van der Waals surface area contributed by atoms with Crippen LogP contribution in [0.3, 0.4) is 0 Å². The van der Waals surface area contributed by atoms with Crippen molar-refractivity contribution in [1.29, 1.82) is 0 Å². The van der Waals surface area contributed by atoms with Crippen LogP contribution in [0.5, 0.6) is 0 Å². The Morgan fingerprint density at radius 2 is 1.75 bits per heavy atom. The summed E-state index contributed by atoms with van der Waals surface area (Å²) in [6, 6.07) is 14.3. The molecule has 0 saturated heterocycles. The van der Waals surface area contributed by atoms with Crippen molar-refractivity contribution in [3.05, 3.63) is 69.2 Å². The summed E-state index contributed by atoms with van der Waals surface area (Å²) >= 11 is 12.2. The van der Waals surface area contributed by atoms with Crippen LogP contribution in [0.25, 0.3) is 0 Å². The lowest BCUT2D eigenvalue weighted by Gasteiger charge is -2.17. The van der Waals surface area contributed by atoms with Gasteiger partial charge in [0.15, 0.2) is 0 Å². The van der Waals surface area contributed by atoms with E-state index in [1.54, 1.807) is 6.07 Å². The normalized spacial score (nSPS) is 12.4. The van der Waals surface area contributed by atoms with Crippen molar-refractivity contribution >= 4 is 23.2 Å². The highest BCUT2D eigenvalue weighted by Gasteiger charge is 2.10. The first-order chi connectivity index (χ1) is 9.61. The van der Waals surface area contributed by atoms with E-state index >= 15 is 0 Å². The maximum atomic E-state index is 6.24. The van der Waals surface area contributed by atoms with Gasteiger partial charge in [-0.1, -0.05) is 60.5 Å². The lowest BCUT2D eigenvalue weighted by atomic mass is 10.0. The van der Waals surface area contributed by atoms with E-state index in [4.69, 9.17) is 23.2 Å². The van der Waals surface area contributed by atoms with Crippen LogP contribution >= 0.6 is 23.2 Å². The van der Waals surface area contributed by atoms with Gasteiger partial charge in [-0.25, -0.2) is 0 Å². The Morgan fingerprint density at radius 3 is 2.40 bits per heavy atom. The van der Waals surface area contributed by atoms with Gasteiger partial charge in [-0.05, 0) is 42.2 Å². The van der Waals surface area contributed by atoms with Gasteiger partial charge < -0.3 is 5.32 Å². The van der Waals surface area contributed by atoms with E-state index in [0.717, 1.165) is 18.5 Å². The average Bonchev–Trinajstić information content (AvgIpc) is 2.45. The summed E-state index contributed by atoms with van der Waals surface area (Å²) in [5.74, 6) is 0. The first-order valence-corrected chi connectivity index (χ1v) is 7.62. The highest BCUT2D eigenvalue weighted by atomic mass is 35.5. The molecule has 0 spiro atoms. The van der Waals surface area contributed by atoms with E-state index in [-0.39, 0.29) is 6.04 Å². The zero-order valence-electron chi connectivity index (χ0n) is 11.8. The Kier molecular flexibility index (Phi) is 5.47. The van der Waals surface area contributed by atoms with Gasteiger partial charge in [0, 0.05) is 22.6 Å². The predicted octanol–water partition coefficient (Wildman–Crippen LogP) is 5.41. The molecule has 1 N–H and O–H groups in total. The summed E-state index contributed by atoms with van der Waals surface area (Å²) in [6.45, 7) is 5.13. The van der Waals surface area contributed by atoms with Crippen molar-refractivity contribution in [3.63, 3.8) is 0 Å². The van der Waals surface area contributed by atoms with Crippen molar-refractivity contribution in [1.82, 2.24) is 5.32 Å². The number of aryl methyl sites for hydroxylation is 1. The Bertz CT molecular complexity index is 581. The van der Waals surface area contributed by atoms with Crippen LogP contribution in [0.2, 0.25) is 10.0 Å². The zero-order chi connectivity index (χ0) is 14.5. The van der Waals surface area contributed by atoms with Gasteiger partial charge in [0.05, 0.1) is 0 Å². The number of hydrogen-bond acceptors (Lipinski definition) is 1. The fraction of sp³-hybridized carbons (Fsp3) is 0.294.